The van der Waals surface area contributed by atoms with Crippen LogP contribution in [0.3, 0.4) is 0 Å². The molecule has 3 rings (SSSR count). The molecule has 2 amide bonds. The van der Waals surface area contributed by atoms with Gasteiger partial charge in [-0.3, -0.25) is 9.59 Å². The van der Waals surface area contributed by atoms with Crippen molar-refractivity contribution >= 4 is 40.7 Å². The zero-order chi connectivity index (χ0) is 18.5. The number of hydrazone groups is 1. The minimum absolute atomic E-state index is 0.147. The summed E-state index contributed by atoms with van der Waals surface area (Å²) in [7, 11) is 0. The third-order valence-corrected chi connectivity index (χ3v) is 4.43. The summed E-state index contributed by atoms with van der Waals surface area (Å²) in [4.78, 5) is 24.9. The van der Waals surface area contributed by atoms with Crippen molar-refractivity contribution in [3.8, 4) is 0 Å². The Morgan fingerprint density at radius 2 is 1.77 bits per heavy atom. The predicted octanol–water partition coefficient (Wildman–Crippen LogP) is 4.12. The standard InChI is InChI=1S/C18H15F2N3O2S/c19-18(20)26-15-9-5-4-8-13(15)21-17(25)14-10-11-16(24)23(22-14)12-6-2-1-3-7-12/h1-9,18H,10-11H2,(H,21,25). The van der Waals surface area contributed by atoms with Gasteiger partial charge in [0.05, 0.1) is 11.4 Å². The Bertz CT molecular complexity index is 843. The van der Waals surface area contributed by atoms with Crippen LogP contribution in [-0.2, 0) is 9.59 Å². The molecular formula is C18H15F2N3O2S. The first kappa shape index (κ1) is 18.1. The Morgan fingerprint density at radius 1 is 1.08 bits per heavy atom. The van der Waals surface area contributed by atoms with Crippen LogP contribution in [0.2, 0.25) is 0 Å². The van der Waals surface area contributed by atoms with Crippen LogP contribution in [-0.4, -0.2) is 23.3 Å². The highest BCUT2D eigenvalue weighted by atomic mass is 32.2. The molecule has 2 aromatic rings. The number of amides is 2. The van der Waals surface area contributed by atoms with Gasteiger partial charge >= 0.3 is 0 Å². The van der Waals surface area contributed by atoms with E-state index >= 15 is 0 Å². The van der Waals surface area contributed by atoms with Crippen LogP contribution in [0.1, 0.15) is 12.8 Å². The summed E-state index contributed by atoms with van der Waals surface area (Å²) in [5.74, 6) is -3.31. The highest BCUT2D eigenvalue weighted by molar-refractivity contribution is 7.99. The number of hydrogen-bond acceptors (Lipinski definition) is 4. The van der Waals surface area contributed by atoms with Gasteiger partial charge in [0.25, 0.3) is 11.7 Å². The predicted molar refractivity (Wildman–Crippen MR) is 97.5 cm³/mol. The molecule has 0 spiro atoms. The molecule has 26 heavy (non-hydrogen) atoms. The number of halogens is 2. The largest absolute Gasteiger partial charge is 0.320 e. The number of carbonyl (C=O) groups is 2. The number of alkyl halides is 2. The molecule has 1 aliphatic rings. The molecule has 5 nitrogen and oxygen atoms in total. The molecule has 0 radical (unpaired) electrons. The molecule has 134 valence electrons. The second-order valence-corrected chi connectivity index (χ2v) is 6.45. The van der Waals surface area contributed by atoms with E-state index in [1.54, 1.807) is 42.5 Å². The normalized spacial score (nSPS) is 14.3. The van der Waals surface area contributed by atoms with Crippen molar-refractivity contribution in [2.24, 2.45) is 5.10 Å². The summed E-state index contributed by atoms with van der Waals surface area (Å²) < 4.78 is 25.3. The highest BCUT2D eigenvalue weighted by Gasteiger charge is 2.26. The molecule has 1 heterocycles. The molecule has 0 fully saturated rings. The summed E-state index contributed by atoms with van der Waals surface area (Å²) in [6.45, 7) is 0. The molecule has 8 heteroatoms. The lowest BCUT2D eigenvalue weighted by Crippen LogP contribution is -2.36. The Balaban J connectivity index is 1.81. The van der Waals surface area contributed by atoms with Gasteiger partial charge in [-0.2, -0.15) is 13.9 Å². The second-order valence-electron chi connectivity index (χ2n) is 5.42. The average molecular weight is 375 g/mol. The van der Waals surface area contributed by atoms with E-state index in [1.165, 1.54) is 11.1 Å². The van der Waals surface area contributed by atoms with E-state index < -0.39 is 11.7 Å². The van der Waals surface area contributed by atoms with E-state index in [0.29, 0.717) is 17.4 Å². The Hall–Kier alpha value is -2.74. The molecule has 0 aromatic heterocycles. The number of nitrogens with zero attached hydrogens (tertiary/aromatic N) is 2. The highest BCUT2D eigenvalue weighted by Crippen LogP contribution is 2.31. The molecular weight excluding hydrogens is 360 g/mol. The summed E-state index contributed by atoms with van der Waals surface area (Å²) in [5.41, 5.74) is 1.02. The van der Waals surface area contributed by atoms with Gasteiger partial charge in [-0.1, -0.05) is 42.1 Å². The quantitative estimate of drug-likeness (QED) is 0.800. The molecule has 1 aliphatic heterocycles. The molecule has 0 saturated heterocycles. The van der Waals surface area contributed by atoms with Crippen LogP contribution in [0, 0.1) is 0 Å². The third-order valence-electron chi connectivity index (χ3n) is 3.65. The van der Waals surface area contributed by atoms with Crippen LogP contribution >= 0.6 is 11.8 Å². The Morgan fingerprint density at radius 3 is 2.50 bits per heavy atom. The van der Waals surface area contributed by atoms with Gasteiger partial charge in [-0.25, -0.2) is 5.01 Å². The van der Waals surface area contributed by atoms with Gasteiger partial charge in [-0.05, 0) is 24.3 Å². The molecule has 0 bridgehead atoms. The van der Waals surface area contributed by atoms with Crippen molar-refractivity contribution in [3.63, 3.8) is 0 Å². The van der Waals surface area contributed by atoms with Crippen LogP contribution in [0.5, 0.6) is 0 Å². The van der Waals surface area contributed by atoms with Gasteiger partial charge in [0.15, 0.2) is 0 Å². The van der Waals surface area contributed by atoms with E-state index in [-0.39, 0.29) is 35.0 Å². The number of thioether (sulfide) groups is 1. The fourth-order valence-electron chi connectivity index (χ4n) is 2.45. The molecule has 0 atom stereocenters. The van der Waals surface area contributed by atoms with Gasteiger partial charge in [0.1, 0.15) is 5.71 Å². The summed E-state index contributed by atoms with van der Waals surface area (Å²) >= 11 is 0.359. The second kappa shape index (κ2) is 8.09. The van der Waals surface area contributed by atoms with E-state index in [1.807, 2.05) is 6.07 Å². The minimum atomic E-state index is -2.59. The molecule has 0 aliphatic carbocycles. The molecule has 2 aromatic carbocycles. The number of anilines is 2. The summed E-state index contributed by atoms with van der Waals surface area (Å²) in [6, 6.07) is 15.1. The Labute approximate surface area is 153 Å². The number of hydrogen-bond donors (Lipinski definition) is 1. The first-order chi connectivity index (χ1) is 12.5. The maximum atomic E-state index is 12.7. The van der Waals surface area contributed by atoms with E-state index in [0.717, 1.165) is 0 Å². The summed E-state index contributed by atoms with van der Waals surface area (Å²) in [5, 5.41) is 7.96. The summed E-state index contributed by atoms with van der Waals surface area (Å²) in [6.07, 6.45) is 0.340. The first-order valence-electron chi connectivity index (χ1n) is 7.85. The third kappa shape index (κ3) is 4.26. The minimum Gasteiger partial charge on any atom is -0.320 e. The van der Waals surface area contributed by atoms with Crippen molar-refractivity contribution in [2.45, 2.75) is 23.5 Å². The zero-order valence-corrected chi connectivity index (χ0v) is 14.4. The van der Waals surface area contributed by atoms with Gasteiger partial charge in [-0.15, -0.1) is 0 Å². The van der Waals surface area contributed by atoms with Crippen LogP contribution in [0.15, 0.2) is 64.6 Å². The average Bonchev–Trinajstić information content (AvgIpc) is 2.64. The first-order valence-corrected chi connectivity index (χ1v) is 8.73. The zero-order valence-electron chi connectivity index (χ0n) is 13.6. The number of benzene rings is 2. The maximum Gasteiger partial charge on any atom is 0.288 e. The number of nitrogens with one attached hydrogen (secondary N) is 1. The van der Waals surface area contributed by atoms with Gasteiger partial charge < -0.3 is 5.32 Å². The molecule has 0 saturated carbocycles. The van der Waals surface area contributed by atoms with Crippen molar-refractivity contribution in [1.82, 2.24) is 0 Å². The lowest BCUT2D eigenvalue weighted by atomic mass is 10.1. The van der Waals surface area contributed by atoms with Crippen LogP contribution in [0.25, 0.3) is 0 Å². The van der Waals surface area contributed by atoms with Crippen molar-refractivity contribution in [2.75, 3.05) is 10.3 Å². The van der Waals surface area contributed by atoms with Crippen LogP contribution in [0.4, 0.5) is 20.2 Å². The van der Waals surface area contributed by atoms with E-state index in [2.05, 4.69) is 10.4 Å². The lowest BCUT2D eigenvalue weighted by Gasteiger charge is -2.23. The monoisotopic (exact) mass is 375 g/mol. The van der Waals surface area contributed by atoms with Gasteiger partial charge in [0.2, 0.25) is 5.91 Å². The number of rotatable bonds is 5. The molecule has 0 unspecified atom stereocenters. The smallest absolute Gasteiger partial charge is 0.288 e. The van der Waals surface area contributed by atoms with Crippen molar-refractivity contribution in [1.29, 1.82) is 0 Å². The topological polar surface area (TPSA) is 61.8 Å². The van der Waals surface area contributed by atoms with E-state index in [4.69, 9.17) is 0 Å². The van der Waals surface area contributed by atoms with E-state index in [9.17, 15) is 18.4 Å². The maximum absolute atomic E-state index is 12.7. The number of carbonyl (C=O) groups excluding carboxylic acids is 2. The lowest BCUT2D eigenvalue weighted by molar-refractivity contribution is -0.118. The van der Waals surface area contributed by atoms with Crippen LogP contribution < -0.4 is 10.3 Å². The fourth-order valence-corrected chi connectivity index (χ4v) is 3.05. The molecule has 1 N–H and O–H groups in total. The number of para-hydroxylation sites is 2. The SMILES string of the molecule is O=C(Nc1ccccc1SC(F)F)C1=NN(c2ccccc2)C(=O)CC1. The Kier molecular flexibility index (Phi) is 5.62. The van der Waals surface area contributed by atoms with Gasteiger partial charge in [0, 0.05) is 17.7 Å². The fraction of sp³-hybridized carbons (Fsp3) is 0.167. The van der Waals surface area contributed by atoms with Crippen molar-refractivity contribution < 1.29 is 18.4 Å². The van der Waals surface area contributed by atoms with Crippen molar-refractivity contribution in [3.05, 3.63) is 54.6 Å².